The maximum Gasteiger partial charge on any atom is 0.263 e. The van der Waals surface area contributed by atoms with Gasteiger partial charge in [-0.1, -0.05) is 39.0 Å². The molecule has 0 saturated heterocycles. The van der Waals surface area contributed by atoms with Crippen molar-refractivity contribution in [2.75, 3.05) is 0 Å². The van der Waals surface area contributed by atoms with Gasteiger partial charge in [-0.05, 0) is 30.1 Å². The second-order valence-corrected chi connectivity index (χ2v) is 6.12. The highest BCUT2D eigenvalue weighted by atomic mass is 32.1. The van der Waals surface area contributed by atoms with Crippen LogP contribution >= 0.6 is 23.6 Å². The fourth-order valence-corrected chi connectivity index (χ4v) is 3.35. The number of H-pyrrole nitrogens is 1. The first-order valence-corrected chi connectivity index (χ1v) is 8.23. The molecule has 1 N–H and O–H groups in total. The third-order valence-corrected chi connectivity index (χ3v) is 4.49. The summed E-state index contributed by atoms with van der Waals surface area (Å²) in [4.78, 5) is 16.3. The zero-order valence-corrected chi connectivity index (χ0v) is 12.9. The second-order valence-electron chi connectivity index (χ2n) is 4.82. The van der Waals surface area contributed by atoms with Gasteiger partial charge in [0.2, 0.25) is 0 Å². The van der Waals surface area contributed by atoms with Gasteiger partial charge in [0.15, 0.2) is 4.77 Å². The topological polar surface area (TPSA) is 37.8 Å². The summed E-state index contributed by atoms with van der Waals surface area (Å²) >= 11 is 6.79. The second kappa shape index (κ2) is 7.01. The molecule has 0 fully saturated rings. The van der Waals surface area contributed by atoms with Gasteiger partial charge in [-0.25, -0.2) is 0 Å². The molecule has 0 atom stereocenters. The van der Waals surface area contributed by atoms with Gasteiger partial charge in [-0.3, -0.25) is 9.36 Å². The number of aromatic amines is 1. The monoisotopic (exact) mass is 296 g/mol. The van der Waals surface area contributed by atoms with E-state index in [1.165, 1.54) is 43.4 Å². The molecule has 0 amide bonds. The first kappa shape index (κ1) is 14.5. The van der Waals surface area contributed by atoms with Crippen LogP contribution in [0.1, 0.15) is 45.4 Å². The predicted octanol–water partition coefficient (Wildman–Crippen LogP) is 4.48. The minimum absolute atomic E-state index is 0.0496. The van der Waals surface area contributed by atoms with Crippen LogP contribution < -0.4 is 5.56 Å². The van der Waals surface area contributed by atoms with Gasteiger partial charge in [-0.15, -0.1) is 11.3 Å². The van der Waals surface area contributed by atoms with Crippen molar-refractivity contribution in [3.05, 3.63) is 26.6 Å². The van der Waals surface area contributed by atoms with Crippen molar-refractivity contribution in [2.45, 2.75) is 52.0 Å². The van der Waals surface area contributed by atoms with Gasteiger partial charge < -0.3 is 4.98 Å². The molecule has 0 saturated carbocycles. The quantitative estimate of drug-likeness (QED) is 0.604. The van der Waals surface area contributed by atoms with Crippen LogP contribution in [-0.2, 0) is 6.54 Å². The van der Waals surface area contributed by atoms with E-state index in [4.69, 9.17) is 12.2 Å². The van der Waals surface area contributed by atoms with Crippen LogP contribution in [0.4, 0.5) is 0 Å². The molecule has 3 nitrogen and oxygen atoms in total. The summed E-state index contributed by atoms with van der Waals surface area (Å²) in [6.45, 7) is 2.95. The van der Waals surface area contributed by atoms with Gasteiger partial charge in [0.05, 0.1) is 5.39 Å². The highest BCUT2D eigenvalue weighted by Gasteiger charge is 2.05. The Hall–Kier alpha value is -0.940. The molecule has 0 aliphatic heterocycles. The van der Waals surface area contributed by atoms with Crippen molar-refractivity contribution in [3.63, 3.8) is 0 Å². The Balaban J connectivity index is 2.00. The van der Waals surface area contributed by atoms with Crippen LogP contribution in [0.3, 0.4) is 0 Å². The van der Waals surface area contributed by atoms with E-state index in [0.29, 0.717) is 4.77 Å². The molecule has 19 heavy (non-hydrogen) atoms. The molecule has 2 heterocycles. The standard InChI is InChI=1S/C14H20N2OS2/c1-2-3-4-5-6-7-9-16-13(17)11-8-10-19-12(11)15-14(16)18/h8,10H,2-7,9H2,1H3,(H,15,18). The van der Waals surface area contributed by atoms with E-state index in [-0.39, 0.29) is 5.56 Å². The SMILES string of the molecule is CCCCCCCCn1c(=S)[nH]c2sccc2c1=O. The lowest BCUT2D eigenvalue weighted by Gasteiger charge is -2.06. The average molecular weight is 296 g/mol. The number of fused-ring (bicyclic) bond motifs is 1. The van der Waals surface area contributed by atoms with Gasteiger partial charge in [0, 0.05) is 6.54 Å². The molecule has 0 bridgehead atoms. The zero-order valence-electron chi connectivity index (χ0n) is 11.3. The van der Waals surface area contributed by atoms with Gasteiger partial charge in [0.25, 0.3) is 5.56 Å². The number of hydrogen-bond acceptors (Lipinski definition) is 3. The lowest BCUT2D eigenvalue weighted by Crippen LogP contribution is -2.21. The van der Waals surface area contributed by atoms with E-state index < -0.39 is 0 Å². The first-order chi connectivity index (χ1) is 9.24. The third-order valence-electron chi connectivity index (χ3n) is 3.34. The number of nitrogens with one attached hydrogen (secondary N) is 1. The molecule has 0 radical (unpaired) electrons. The smallest absolute Gasteiger partial charge is 0.263 e. The molecule has 104 valence electrons. The lowest BCUT2D eigenvalue weighted by atomic mass is 10.1. The molecule has 2 aromatic rings. The molecular formula is C14H20N2OS2. The Labute approximate surface area is 122 Å². The van der Waals surface area contributed by atoms with Crippen LogP contribution in [0, 0.1) is 4.77 Å². The number of nitrogens with zero attached hydrogens (tertiary/aromatic N) is 1. The Morgan fingerprint density at radius 2 is 2.00 bits per heavy atom. The normalized spacial score (nSPS) is 11.2. The van der Waals surface area contributed by atoms with Crippen molar-refractivity contribution in [1.82, 2.24) is 9.55 Å². The summed E-state index contributed by atoms with van der Waals surface area (Å²) in [5.41, 5.74) is 0.0496. The molecule has 0 aromatic carbocycles. The molecule has 0 aliphatic rings. The van der Waals surface area contributed by atoms with Gasteiger partial charge >= 0.3 is 0 Å². The molecular weight excluding hydrogens is 276 g/mol. The predicted molar refractivity (Wildman–Crippen MR) is 84.6 cm³/mol. The summed E-state index contributed by atoms with van der Waals surface area (Å²) in [5, 5.41) is 2.68. The number of thiophene rings is 1. The largest absolute Gasteiger partial charge is 0.323 e. The molecule has 0 spiro atoms. The van der Waals surface area contributed by atoms with Gasteiger partial charge in [-0.2, -0.15) is 0 Å². The van der Waals surface area contributed by atoms with E-state index in [1.54, 1.807) is 4.57 Å². The van der Waals surface area contributed by atoms with Crippen molar-refractivity contribution in [1.29, 1.82) is 0 Å². The van der Waals surface area contributed by atoms with Crippen LogP contribution in [0.2, 0.25) is 0 Å². The van der Waals surface area contributed by atoms with Gasteiger partial charge in [0.1, 0.15) is 4.83 Å². The van der Waals surface area contributed by atoms with E-state index >= 15 is 0 Å². The average Bonchev–Trinajstić information content (AvgIpc) is 2.85. The van der Waals surface area contributed by atoms with E-state index in [0.717, 1.165) is 23.2 Å². The summed E-state index contributed by atoms with van der Waals surface area (Å²) in [6.07, 6.45) is 7.31. The van der Waals surface area contributed by atoms with Crippen LogP contribution in [0.15, 0.2) is 16.2 Å². The number of hydrogen-bond donors (Lipinski definition) is 1. The Morgan fingerprint density at radius 3 is 2.79 bits per heavy atom. The Kier molecular flexibility index (Phi) is 5.34. The molecule has 0 unspecified atom stereocenters. The summed E-state index contributed by atoms with van der Waals surface area (Å²) in [6, 6.07) is 1.87. The summed E-state index contributed by atoms with van der Waals surface area (Å²) in [7, 11) is 0. The summed E-state index contributed by atoms with van der Waals surface area (Å²) < 4.78 is 2.25. The van der Waals surface area contributed by atoms with E-state index in [2.05, 4.69) is 11.9 Å². The Bertz CT molecular complexity index is 639. The molecule has 2 rings (SSSR count). The molecule has 5 heteroatoms. The fourth-order valence-electron chi connectivity index (χ4n) is 2.23. The number of rotatable bonds is 7. The van der Waals surface area contributed by atoms with E-state index in [9.17, 15) is 4.79 Å². The lowest BCUT2D eigenvalue weighted by molar-refractivity contribution is 0.544. The third kappa shape index (κ3) is 3.54. The van der Waals surface area contributed by atoms with Crippen LogP contribution in [0.25, 0.3) is 10.2 Å². The number of aromatic nitrogens is 2. The molecule has 2 aromatic heterocycles. The van der Waals surface area contributed by atoms with Crippen molar-refractivity contribution in [2.24, 2.45) is 0 Å². The van der Waals surface area contributed by atoms with Crippen molar-refractivity contribution >= 4 is 33.8 Å². The fraction of sp³-hybridized carbons (Fsp3) is 0.571. The maximum absolute atomic E-state index is 12.3. The van der Waals surface area contributed by atoms with Crippen molar-refractivity contribution in [3.8, 4) is 0 Å². The van der Waals surface area contributed by atoms with Crippen LogP contribution in [-0.4, -0.2) is 9.55 Å². The minimum atomic E-state index is 0.0496. The highest BCUT2D eigenvalue weighted by Crippen LogP contribution is 2.14. The summed E-state index contributed by atoms with van der Waals surface area (Å²) in [5.74, 6) is 0. The minimum Gasteiger partial charge on any atom is -0.323 e. The highest BCUT2D eigenvalue weighted by molar-refractivity contribution is 7.71. The maximum atomic E-state index is 12.3. The van der Waals surface area contributed by atoms with Crippen LogP contribution in [0.5, 0.6) is 0 Å². The Morgan fingerprint density at radius 1 is 1.26 bits per heavy atom. The van der Waals surface area contributed by atoms with E-state index in [1.807, 2.05) is 11.4 Å². The first-order valence-electron chi connectivity index (χ1n) is 6.94. The molecule has 0 aliphatic carbocycles. The number of unbranched alkanes of at least 4 members (excludes halogenated alkanes) is 5. The zero-order chi connectivity index (χ0) is 13.7. The van der Waals surface area contributed by atoms with Crippen molar-refractivity contribution < 1.29 is 0 Å².